The molecular weight excluding hydrogens is 663 g/mol. The lowest BCUT2D eigenvalue weighted by Gasteiger charge is -2.25. The summed E-state index contributed by atoms with van der Waals surface area (Å²) in [6.45, 7) is 0. The molecule has 0 N–H and O–H groups in total. The molecule has 4 aromatic heterocycles. The SMILES string of the molecule is c1ccc(-c2nc(-c3ccccc3)nc(-c3cccc(-n4c5ccc(N(c6ccncc6)c6cccnc6)cc5c5ccc6ccccc6c54)c3)n2)cc1. The Morgan fingerprint density at radius 2 is 1.09 bits per heavy atom. The number of hydrogen-bond acceptors (Lipinski definition) is 6. The van der Waals surface area contributed by atoms with Gasteiger partial charge in [0.25, 0.3) is 0 Å². The second-order valence-electron chi connectivity index (χ2n) is 13.1. The van der Waals surface area contributed by atoms with E-state index in [0.717, 1.165) is 61.2 Å². The quantitative estimate of drug-likeness (QED) is 0.165. The Labute approximate surface area is 311 Å². The van der Waals surface area contributed by atoms with E-state index < -0.39 is 0 Å². The lowest BCUT2D eigenvalue weighted by atomic mass is 10.1. The van der Waals surface area contributed by atoms with Crippen molar-refractivity contribution >= 4 is 49.6 Å². The van der Waals surface area contributed by atoms with Gasteiger partial charge >= 0.3 is 0 Å². The first kappa shape index (κ1) is 31.2. The minimum atomic E-state index is 0.613. The summed E-state index contributed by atoms with van der Waals surface area (Å²) in [4.78, 5) is 25.9. The van der Waals surface area contributed by atoms with Gasteiger partial charge in [0.05, 0.1) is 22.9 Å². The van der Waals surface area contributed by atoms with Gasteiger partial charge in [-0.1, -0.05) is 109 Å². The number of fused-ring (bicyclic) bond motifs is 5. The molecule has 10 rings (SSSR count). The van der Waals surface area contributed by atoms with Gasteiger partial charge in [0.2, 0.25) is 0 Å². The zero-order chi connectivity index (χ0) is 35.8. The maximum absolute atomic E-state index is 5.04. The van der Waals surface area contributed by atoms with E-state index in [0.29, 0.717) is 17.5 Å². The number of anilines is 3. The van der Waals surface area contributed by atoms with E-state index in [1.807, 2.05) is 97.5 Å². The number of hydrogen-bond donors (Lipinski definition) is 0. The second-order valence-corrected chi connectivity index (χ2v) is 13.1. The minimum absolute atomic E-state index is 0.613. The van der Waals surface area contributed by atoms with Gasteiger partial charge in [-0.3, -0.25) is 9.97 Å². The van der Waals surface area contributed by atoms with E-state index in [2.05, 4.69) is 104 Å². The van der Waals surface area contributed by atoms with Crippen LogP contribution in [0.4, 0.5) is 17.1 Å². The third-order valence-corrected chi connectivity index (χ3v) is 9.78. The fourth-order valence-electron chi connectivity index (χ4n) is 7.32. The Balaban J connectivity index is 1.19. The van der Waals surface area contributed by atoms with Crippen molar-refractivity contribution in [2.75, 3.05) is 4.90 Å². The highest BCUT2D eigenvalue weighted by atomic mass is 15.1. The van der Waals surface area contributed by atoms with Crippen LogP contribution in [0.3, 0.4) is 0 Å². The van der Waals surface area contributed by atoms with E-state index in [-0.39, 0.29) is 0 Å². The molecule has 0 spiro atoms. The first-order valence-corrected chi connectivity index (χ1v) is 17.8. The van der Waals surface area contributed by atoms with Crippen LogP contribution in [0, 0.1) is 0 Å². The second kappa shape index (κ2) is 13.2. The summed E-state index contributed by atoms with van der Waals surface area (Å²) in [5.74, 6) is 1.88. The number of nitrogens with zero attached hydrogens (tertiary/aromatic N) is 7. The number of benzene rings is 6. The van der Waals surface area contributed by atoms with Crippen molar-refractivity contribution in [2.24, 2.45) is 0 Å². The van der Waals surface area contributed by atoms with Crippen molar-refractivity contribution in [1.29, 1.82) is 0 Å². The molecule has 0 amide bonds. The normalized spacial score (nSPS) is 11.3. The molecular formula is C47H31N7. The molecule has 54 heavy (non-hydrogen) atoms. The van der Waals surface area contributed by atoms with Gasteiger partial charge in [-0.15, -0.1) is 0 Å². The van der Waals surface area contributed by atoms with Crippen LogP contribution < -0.4 is 4.90 Å². The monoisotopic (exact) mass is 693 g/mol. The van der Waals surface area contributed by atoms with E-state index in [1.165, 1.54) is 10.8 Å². The Hall–Kier alpha value is -7.51. The minimum Gasteiger partial charge on any atom is -0.309 e. The van der Waals surface area contributed by atoms with E-state index in [9.17, 15) is 0 Å². The molecule has 0 aliphatic carbocycles. The van der Waals surface area contributed by atoms with Gasteiger partial charge in [-0.25, -0.2) is 15.0 Å². The molecule has 0 bridgehead atoms. The summed E-state index contributed by atoms with van der Waals surface area (Å²) >= 11 is 0. The summed E-state index contributed by atoms with van der Waals surface area (Å²) in [5.41, 5.74) is 9.00. The number of pyridine rings is 2. The molecule has 6 aromatic carbocycles. The topological polar surface area (TPSA) is 72.6 Å². The summed E-state index contributed by atoms with van der Waals surface area (Å²) in [7, 11) is 0. The highest BCUT2D eigenvalue weighted by molar-refractivity contribution is 6.19. The maximum atomic E-state index is 5.04. The Kier molecular flexibility index (Phi) is 7.66. The zero-order valence-electron chi connectivity index (χ0n) is 29.0. The Morgan fingerprint density at radius 3 is 1.81 bits per heavy atom. The molecule has 0 saturated carbocycles. The molecule has 0 aliphatic heterocycles. The Morgan fingerprint density at radius 1 is 0.407 bits per heavy atom. The third-order valence-electron chi connectivity index (χ3n) is 9.78. The van der Waals surface area contributed by atoms with Crippen molar-refractivity contribution in [3.63, 3.8) is 0 Å². The standard InChI is InChI=1S/C47H31N7/c1-3-12-33(13-4-1)45-50-46(34-14-5-2-6-15-34)52-47(51-45)35-16-9-17-37(29-35)54-43-23-21-38(53(36-24-27-48-28-25-36)39-18-10-26-49-31-39)30-42(43)41-22-20-32-11-7-8-19-40(32)44(41)54/h1-31H. The molecule has 10 aromatic rings. The average molecular weight is 694 g/mol. The van der Waals surface area contributed by atoms with Crippen LogP contribution in [0.1, 0.15) is 0 Å². The fourth-order valence-corrected chi connectivity index (χ4v) is 7.32. The van der Waals surface area contributed by atoms with Gasteiger partial charge < -0.3 is 9.47 Å². The molecule has 4 heterocycles. The summed E-state index contributed by atoms with van der Waals surface area (Å²) < 4.78 is 2.37. The number of rotatable bonds is 7. The van der Waals surface area contributed by atoms with Gasteiger partial charge in [0.15, 0.2) is 17.5 Å². The molecule has 7 nitrogen and oxygen atoms in total. The van der Waals surface area contributed by atoms with Crippen LogP contribution in [0.25, 0.3) is 72.4 Å². The summed E-state index contributed by atoms with van der Waals surface area (Å²) in [5, 5.41) is 4.65. The Bertz CT molecular complexity index is 2830. The smallest absolute Gasteiger partial charge is 0.164 e. The third kappa shape index (κ3) is 5.52. The van der Waals surface area contributed by atoms with Crippen molar-refractivity contribution in [2.45, 2.75) is 0 Å². The van der Waals surface area contributed by atoms with Crippen molar-refractivity contribution in [3.8, 4) is 39.9 Å². The van der Waals surface area contributed by atoms with Gasteiger partial charge in [-0.2, -0.15) is 0 Å². The largest absolute Gasteiger partial charge is 0.309 e. The molecule has 0 saturated heterocycles. The molecule has 0 fully saturated rings. The maximum Gasteiger partial charge on any atom is 0.164 e. The highest BCUT2D eigenvalue weighted by Gasteiger charge is 2.20. The highest BCUT2D eigenvalue weighted by Crippen LogP contribution is 2.41. The van der Waals surface area contributed by atoms with Gasteiger partial charge in [0, 0.05) is 68.5 Å². The number of aromatic nitrogens is 6. The lowest BCUT2D eigenvalue weighted by molar-refractivity contribution is 1.07. The van der Waals surface area contributed by atoms with Crippen LogP contribution in [0.5, 0.6) is 0 Å². The van der Waals surface area contributed by atoms with Crippen LogP contribution in [-0.2, 0) is 0 Å². The van der Waals surface area contributed by atoms with Crippen LogP contribution in [0.15, 0.2) is 189 Å². The predicted octanol–water partition coefficient (Wildman–Crippen LogP) is 11.4. The van der Waals surface area contributed by atoms with Crippen molar-refractivity contribution in [1.82, 2.24) is 29.5 Å². The van der Waals surface area contributed by atoms with E-state index in [4.69, 9.17) is 15.0 Å². The molecule has 0 unspecified atom stereocenters. The zero-order valence-corrected chi connectivity index (χ0v) is 29.0. The average Bonchev–Trinajstić information content (AvgIpc) is 3.59. The van der Waals surface area contributed by atoms with Crippen molar-refractivity contribution in [3.05, 3.63) is 189 Å². The molecule has 0 radical (unpaired) electrons. The van der Waals surface area contributed by atoms with Crippen LogP contribution in [-0.4, -0.2) is 29.5 Å². The summed E-state index contributed by atoms with van der Waals surface area (Å²) in [6, 6.07) is 56.5. The molecule has 7 heteroatoms. The van der Waals surface area contributed by atoms with E-state index >= 15 is 0 Å². The first-order chi connectivity index (χ1) is 26.8. The molecule has 254 valence electrons. The van der Waals surface area contributed by atoms with Gasteiger partial charge in [-0.05, 0) is 60.0 Å². The van der Waals surface area contributed by atoms with E-state index in [1.54, 1.807) is 6.20 Å². The first-order valence-electron chi connectivity index (χ1n) is 17.8. The lowest BCUT2D eigenvalue weighted by Crippen LogP contribution is -2.10. The molecule has 0 atom stereocenters. The van der Waals surface area contributed by atoms with Crippen LogP contribution in [0.2, 0.25) is 0 Å². The van der Waals surface area contributed by atoms with Gasteiger partial charge in [0.1, 0.15) is 0 Å². The predicted molar refractivity (Wildman–Crippen MR) is 218 cm³/mol. The summed E-state index contributed by atoms with van der Waals surface area (Å²) in [6.07, 6.45) is 7.33. The van der Waals surface area contributed by atoms with Crippen molar-refractivity contribution < 1.29 is 0 Å². The molecule has 0 aliphatic rings. The fraction of sp³-hybridized carbons (Fsp3) is 0. The van der Waals surface area contributed by atoms with Crippen LogP contribution >= 0.6 is 0 Å².